The molecule has 25 heavy (non-hydrogen) atoms. The van der Waals surface area contributed by atoms with Crippen molar-refractivity contribution < 1.29 is 9.53 Å². The van der Waals surface area contributed by atoms with Gasteiger partial charge >= 0.3 is 6.03 Å². The number of hydrogen-bond donors (Lipinski definition) is 3. The zero-order chi connectivity index (χ0) is 17.1. The highest BCUT2D eigenvalue weighted by Gasteiger charge is 2.22. The van der Waals surface area contributed by atoms with Gasteiger partial charge in [-0.2, -0.15) is 5.10 Å². The molecule has 2 amide bonds. The van der Waals surface area contributed by atoms with E-state index >= 15 is 0 Å². The topological polar surface area (TPSA) is 91.9 Å². The molecule has 1 atom stereocenters. The molecule has 0 radical (unpaired) electrons. The predicted octanol–water partition coefficient (Wildman–Crippen LogP) is 1.95. The van der Waals surface area contributed by atoms with Crippen LogP contribution in [0.2, 0.25) is 0 Å². The van der Waals surface area contributed by atoms with E-state index in [2.05, 4.69) is 25.8 Å². The molecular weight excluding hydrogens is 318 g/mol. The van der Waals surface area contributed by atoms with Crippen molar-refractivity contribution >= 4 is 6.03 Å². The number of rotatable bonds is 6. The molecule has 0 spiro atoms. The SMILES string of the molecule is O=C(NCc1ccnc(OCC2CC2)c1)N[C@@H]1CCc2[nH]ncc2C1. The Morgan fingerprint density at radius 2 is 2.28 bits per heavy atom. The standard InChI is InChI=1S/C18H23N5O2/c24-18(22-15-3-4-16-14(8-15)10-21-23-16)20-9-13-5-6-19-17(7-13)25-11-12-1-2-12/h5-7,10,12,15H,1-4,8-9,11H2,(H,21,23)(H2,20,22,24)/t15-/m1/s1. The molecule has 2 aliphatic carbocycles. The van der Waals surface area contributed by atoms with Crippen LogP contribution >= 0.6 is 0 Å². The first-order chi connectivity index (χ1) is 12.3. The number of nitrogens with one attached hydrogen (secondary N) is 3. The van der Waals surface area contributed by atoms with Gasteiger partial charge in [-0.15, -0.1) is 0 Å². The number of fused-ring (bicyclic) bond motifs is 1. The van der Waals surface area contributed by atoms with Crippen molar-refractivity contribution in [2.75, 3.05) is 6.61 Å². The molecule has 0 saturated heterocycles. The minimum Gasteiger partial charge on any atom is -0.477 e. The summed E-state index contributed by atoms with van der Waals surface area (Å²) in [7, 11) is 0. The number of amides is 2. The molecule has 2 aromatic rings. The van der Waals surface area contributed by atoms with Crippen molar-refractivity contribution in [3.8, 4) is 5.88 Å². The van der Waals surface area contributed by atoms with Gasteiger partial charge in [0.05, 0.1) is 12.8 Å². The van der Waals surface area contributed by atoms with E-state index in [1.54, 1.807) is 6.20 Å². The summed E-state index contributed by atoms with van der Waals surface area (Å²) >= 11 is 0. The van der Waals surface area contributed by atoms with Crippen LogP contribution in [0.5, 0.6) is 5.88 Å². The predicted molar refractivity (Wildman–Crippen MR) is 92.2 cm³/mol. The Kier molecular flexibility index (Phi) is 4.54. The lowest BCUT2D eigenvalue weighted by Gasteiger charge is -2.23. The summed E-state index contributed by atoms with van der Waals surface area (Å²) in [4.78, 5) is 16.4. The van der Waals surface area contributed by atoms with Gasteiger partial charge in [0.2, 0.25) is 5.88 Å². The van der Waals surface area contributed by atoms with Crippen molar-refractivity contribution in [2.45, 2.75) is 44.7 Å². The molecule has 0 unspecified atom stereocenters. The lowest BCUT2D eigenvalue weighted by molar-refractivity contribution is 0.235. The second-order valence-electron chi connectivity index (χ2n) is 6.90. The van der Waals surface area contributed by atoms with Crippen LogP contribution in [-0.2, 0) is 19.4 Å². The number of urea groups is 1. The normalized spacial score (nSPS) is 19.1. The quantitative estimate of drug-likeness (QED) is 0.749. The molecule has 0 aromatic carbocycles. The molecule has 7 heteroatoms. The monoisotopic (exact) mass is 341 g/mol. The summed E-state index contributed by atoms with van der Waals surface area (Å²) in [6, 6.07) is 3.79. The lowest BCUT2D eigenvalue weighted by Crippen LogP contribution is -2.44. The van der Waals surface area contributed by atoms with Gasteiger partial charge in [0.1, 0.15) is 0 Å². The maximum atomic E-state index is 12.2. The van der Waals surface area contributed by atoms with Crippen LogP contribution in [0.4, 0.5) is 4.79 Å². The summed E-state index contributed by atoms with van der Waals surface area (Å²) in [5.74, 6) is 1.33. The maximum absolute atomic E-state index is 12.2. The van der Waals surface area contributed by atoms with E-state index in [4.69, 9.17) is 4.74 Å². The molecule has 1 fully saturated rings. The Balaban J connectivity index is 1.24. The molecule has 132 valence electrons. The number of nitrogens with zero attached hydrogens (tertiary/aromatic N) is 2. The van der Waals surface area contributed by atoms with Gasteiger partial charge in [-0.1, -0.05) is 0 Å². The summed E-state index contributed by atoms with van der Waals surface area (Å²) in [5, 5.41) is 13.0. The Hall–Kier alpha value is -2.57. The van der Waals surface area contributed by atoms with Crippen LogP contribution in [-0.4, -0.2) is 33.9 Å². The van der Waals surface area contributed by atoms with E-state index < -0.39 is 0 Å². The van der Waals surface area contributed by atoms with Gasteiger partial charge in [0, 0.05) is 30.5 Å². The molecule has 2 aliphatic rings. The Morgan fingerprint density at radius 3 is 3.16 bits per heavy atom. The largest absolute Gasteiger partial charge is 0.477 e. The number of pyridine rings is 1. The molecule has 7 nitrogen and oxygen atoms in total. The van der Waals surface area contributed by atoms with E-state index in [0.717, 1.165) is 31.4 Å². The van der Waals surface area contributed by atoms with Crippen molar-refractivity contribution in [3.63, 3.8) is 0 Å². The molecule has 2 aromatic heterocycles. The minimum absolute atomic E-state index is 0.144. The highest BCUT2D eigenvalue weighted by Crippen LogP contribution is 2.29. The zero-order valence-corrected chi connectivity index (χ0v) is 14.1. The fraction of sp³-hybridized carbons (Fsp3) is 0.500. The van der Waals surface area contributed by atoms with E-state index in [9.17, 15) is 4.79 Å². The third kappa shape index (κ3) is 4.29. The molecule has 0 bridgehead atoms. The highest BCUT2D eigenvalue weighted by atomic mass is 16.5. The smallest absolute Gasteiger partial charge is 0.315 e. The number of carbonyl (C=O) groups is 1. The molecule has 2 heterocycles. The number of H-pyrrole nitrogens is 1. The third-order valence-electron chi connectivity index (χ3n) is 4.77. The summed E-state index contributed by atoms with van der Waals surface area (Å²) < 4.78 is 5.68. The van der Waals surface area contributed by atoms with Crippen LogP contribution in [0.3, 0.4) is 0 Å². The Labute approximate surface area is 146 Å². The second-order valence-corrected chi connectivity index (χ2v) is 6.90. The fourth-order valence-electron chi connectivity index (χ4n) is 3.09. The summed E-state index contributed by atoms with van der Waals surface area (Å²) in [6.07, 6.45) is 8.75. The van der Waals surface area contributed by atoms with E-state index in [1.807, 2.05) is 18.3 Å². The van der Waals surface area contributed by atoms with E-state index in [1.165, 1.54) is 24.1 Å². The van der Waals surface area contributed by atoms with Gasteiger partial charge < -0.3 is 15.4 Å². The van der Waals surface area contributed by atoms with Crippen molar-refractivity contribution in [1.29, 1.82) is 0 Å². The number of carbonyl (C=O) groups excluding carboxylic acids is 1. The zero-order valence-electron chi connectivity index (χ0n) is 14.1. The lowest BCUT2D eigenvalue weighted by atomic mass is 9.94. The number of aromatic amines is 1. The molecule has 3 N–H and O–H groups in total. The Morgan fingerprint density at radius 1 is 1.36 bits per heavy atom. The van der Waals surface area contributed by atoms with Crippen molar-refractivity contribution in [1.82, 2.24) is 25.8 Å². The Bertz CT molecular complexity index is 741. The number of ether oxygens (including phenoxy) is 1. The van der Waals surface area contributed by atoms with Gasteiger partial charge in [-0.3, -0.25) is 5.10 Å². The summed E-state index contributed by atoms with van der Waals surface area (Å²) in [5.41, 5.74) is 3.37. The van der Waals surface area contributed by atoms with Crippen LogP contribution in [0.25, 0.3) is 0 Å². The second kappa shape index (κ2) is 7.13. The molecular formula is C18H23N5O2. The maximum Gasteiger partial charge on any atom is 0.315 e. The van der Waals surface area contributed by atoms with Crippen LogP contribution in [0.1, 0.15) is 36.1 Å². The third-order valence-corrected chi connectivity index (χ3v) is 4.77. The fourth-order valence-corrected chi connectivity index (χ4v) is 3.09. The van der Waals surface area contributed by atoms with E-state index in [0.29, 0.717) is 18.3 Å². The summed E-state index contributed by atoms with van der Waals surface area (Å²) in [6.45, 7) is 1.19. The highest BCUT2D eigenvalue weighted by molar-refractivity contribution is 5.74. The van der Waals surface area contributed by atoms with Crippen molar-refractivity contribution in [3.05, 3.63) is 41.3 Å². The van der Waals surface area contributed by atoms with Gasteiger partial charge in [0.25, 0.3) is 0 Å². The van der Waals surface area contributed by atoms with Crippen LogP contribution in [0.15, 0.2) is 24.5 Å². The van der Waals surface area contributed by atoms with Crippen LogP contribution in [0, 0.1) is 5.92 Å². The molecule has 0 aliphatic heterocycles. The number of aromatic nitrogens is 3. The molecule has 4 rings (SSSR count). The average Bonchev–Trinajstić information content (AvgIpc) is 3.34. The number of aryl methyl sites for hydroxylation is 1. The van der Waals surface area contributed by atoms with Gasteiger partial charge in [-0.25, -0.2) is 9.78 Å². The van der Waals surface area contributed by atoms with Gasteiger partial charge in [-0.05, 0) is 55.2 Å². The molecule has 1 saturated carbocycles. The number of hydrogen-bond acceptors (Lipinski definition) is 4. The minimum atomic E-state index is -0.144. The van der Waals surface area contributed by atoms with Crippen molar-refractivity contribution in [2.24, 2.45) is 5.92 Å². The average molecular weight is 341 g/mol. The van der Waals surface area contributed by atoms with Crippen LogP contribution < -0.4 is 15.4 Å². The first-order valence-electron chi connectivity index (χ1n) is 8.89. The van der Waals surface area contributed by atoms with Gasteiger partial charge in [0.15, 0.2) is 0 Å². The first kappa shape index (κ1) is 15.9. The van der Waals surface area contributed by atoms with E-state index in [-0.39, 0.29) is 12.1 Å². The first-order valence-corrected chi connectivity index (χ1v) is 8.89.